The number of nitrogens with two attached hydrogens (primary N) is 1. The molecule has 0 unspecified atom stereocenters. The fourth-order valence-electron chi connectivity index (χ4n) is 1.07. The van der Waals surface area contributed by atoms with Crippen LogP contribution in [0.1, 0.15) is 27.8 Å². The molecule has 1 aromatic heterocycles. The van der Waals surface area contributed by atoms with Crippen molar-refractivity contribution in [1.29, 1.82) is 0 Å². The van der Waals surface area contributed by atoms with Crippen LogP contribution in [0, 0.1) is 13.8 Å². The summed E-state index contributed by atoms with van der Waals surface area (Å²) < 4.78 is 0. The van der Waals surface area contributed by atoms with Crippen LogP contribution in [0.2, 0.25) is 0 Å². The van der Waals surface area contributed by atoms with Crippen LogP contribution in [0.15, 0.2) is 6.07 Å². The zero-order valence-corrected chi connectivity index (χ0v) is 8.52. The van der Waals surface area contributed by atoms with Gasteiger partial charge in [-0.3, -0.25) is 4.79 Å². The highest BCUT2D eigenvalue weighted by Crippen LogP contribution is 2.26. The summed E-state index contributed by atoms with van der Waals surface area (Å²) in [6, 6.07) is 1.60. The molecule has 1 atom stereocenters. The third-order valence-corrected chi connectivity index (χ3v) is 3.23. The molecule has 1 heterocycles. The van der Waals surface area contributed by atoms with E-state index in [1.54, 1.807) is 11.3 Å². The summed E-state index contributed by atoms with van der Waals surface area (Å²) in [6.45, 7) is 4.01. The van der Waals surface area contributed by atoms with E-state index in [0.717, 1.165) is 4.88 Å². The van der Waals surface area contributed by atoms with Gasteiger partial charge < -0.3 is 10.8 Å². The zero-order valence-electron chi connectivity index (χ0n) is 7.70. The van der Waals surface area contributed by atoms with Crippen LogP contribution < -0.4 is 5.73 Å². The SMILES string of the molecule is Cc1cc([C@H](N)CC(=O)O)sc1C. The molecule has 0 amide bonds. The molecule has 0 aliphatic rings. The van der Waals surface area contributed by atoms with Crippen molar-refractivity contribution in [1.82, 2.24) is 0 Å². The number of rotatable bonds is 3. The van der Waals surface area contributed by atoms with Crippen molar-refractivity contribution in [3.8, 4) is 0 Å². The molecule has 13 heavy (non-hydrogen) atoms. The molecule has 0 spiro atoms. The molecular weight excluding hydrogens is 186 g/mol. The first-order valence-electron chi connectivity index (χ1n) is 4.05. The average molecular weight is 199 g/mol. The monoisotopic (exact) mass is 199 g/mol. The van der Waals surface area contributed by atoms with E-state index in [2.05, 4.69) is 0 Å². The number of thiophene rings is 1. The number of hydrogen-bond donors (Lipinski definition) is 2. The topological polar surface area (TPSA) is 63.3 Å². The van der Waals surface area contributed by atoms with Crippen molar-refractivity contribution in [2.24, 2.45) is 5.73 Å². The van der Waals surface area contributed by atoms with E-state index in [9.17, 15) is 4.79 Å². The van der Waals surface area contributed by atoms with E-state index in [1.807, 2.05) is 19.9 Å². The van der Waals surface area contributed by atoms with Gasteiger partial charge in [-0.05, 0) is 25.5 Å². The molecular formula is C9H13NO2S. The van der Waals surface area contributed by atoms with Crippen LogP contribution in [0.5, 0.6) is 0 Å². The standard InChI is InChI=1S/C9H13NO2S/c1-5-3-8(13-6(5)2)7(10)4-9(11)12/h3,7H,4,10H2,1-2H3,(H,11,12)/t7-/m1/s1. The summed E-state index contributed by atoms with van der Waals surface area (Å²) in [5, 5.41) is 8.55. The van der Waals surface area contributed by atoms with Crippen molar-refractivity contribution >= 4 is 17.3 Å². The molecule has 0 bridgehead atoms. The summed E-state index contributed by atoms with van der Waals surface area (Å²) in [7, 11) is 0. The summed E-state index contributed by atoms with van der Waals surface area (Å²) in [4.78, 5) is 12.6. The molecule has 72 valence electrons. The molecule has 0 aromatic carbocycles. The van der Waals surface area contributed by atoms with Crippen molar-refractivity contribution < 1.29 is 9.90 Å². The summed E-state index contributed by atoms with van der Waals surface area (Å²) in [5.41, 5.74) is 6.89. The second-order valence-corrected chi connectivity index (χ2v) is 4.38. The quantitative estimate of drug-likeness (QED) is 0.780. The number of carboxylic acids is 1. The minimum atomic E-state index is -0.851. The van der Waals surface area contributed by atoms with Gasteiger partial charge in [0.15, 0.2) is 0 Å². The van der Waals surface area contributed by atoms with Gasteiger partial charge in [-0.2, -0.15) is 0 Å². The first kappa shape index (κ1) is 10.2. The maximum Gasteiger partial charge on any atom is 0.305 e. The molecule has 0 saturated carbocycles. The molecule has 4 heteroatoms. The van der Waals surface area contributed by atoms with Gasteiger partial charge in [-0.1, -0.05) is 0 Å². The fraction of sp³-hybridized carbons (Fsp3) is 0.444. The van der Waals surface area contributed by atoms with Gasteiger partial charge in [-0.15, -0.1) is 11.3 Å². The van der Waals surface area contributed by atoms with Gasteiger partial charge >= 0.3 is 5.97 Å². The van der Waals surface area contributed by atoms with Crippen molar-refractivity contribution in [2.75, 3.05) is 0 Å². The normalized spacial score (nSPS) is 12.8. The van der Waals surface area contributed by atoms with Crippen molar-refractivity contribution in [3.63, 3.8) is 0 Å². The number of aryl methyl sites for hydroxylation is 2. The smallest absolute Gasteiger partial charge is 0.305 e. The third kappa shape index (κ3) is 2.54. The molecule has 1 rings (SSSR count). The Hall–Kier alpha value is -0.870. The van der Waals surface area contributed by atoms with E-state index in [-0.39, 0.29) is 12.5 Å². The Kier molecular flexibility index (Phi) is 3.06. The van der Waals surface area contributed by atoms with Crippen LogP contribution in [0.4, 0.5) is 0 Å². The Balaban J connectivity index is 2.77. The van der Waals surface area contributed by atoms with Crippen LogP contribution in [0.25, 0.3) is 0 Å². The molecule has 0 aliphatic carbocycles. The predicted molar refractivity (Wildman–Crippen MR) is 53.0 cm³/mol. The summed E-state index contributed by atoms with van der Waals surface area (Å²) in [6.07, 6.45) is -0.000602. The first-order chi connectivity index (χ1) is 6.00. The van der Waals surface area contributed by atoms with Gasteiger partial charge in [0.1, 0.15) is 0 Å². The first-order valence-corrected chi connectivity index (χ1v) is 4.86. The number of hydrogen-bond acceptors (Lipinski definition) is 3. The maximum absolute atomic E-state index is 10.4. The summed E-state index contributed by atoms with van der Waals surface area (Å²) >= 11 is 1.58. The number of carboxylic acid groups (broad SMARTS) is 1. The number of aliphatic carboxylic acids is 1. The van der Waals surface area contributed by atoms with Gasteiger partial charge in [0.2, 0.25) is 0 Å². The third-order valence-electron chi connectivity index (χ3n) is 1.95. The zero-order chi connectivity index (χ0) is 10.0. The Labute approximate surface area is 81.2 Å². The van der Waals surface area contributed by atoms with Crippen molar-refractivity contribution in [3.05, 3.63) is 21.4 Å². The highest BCUT2D eigenvalue weighted by Gasteiger charge is 2.13. The van der Waals surface area contributed by atoms with Crippen LogP contribution in [-0.2, 0) is 4.79 Å². The maximum atomic E-state index is 10.4. The molecule has 0 fully saturated rings. The van der Waals surface area contributed by atoms with Crippen LogP contribution in [-0.4, -0.2) is 11.1 Å². The van der Waals surface area contributed by atoms with E-state index in [0.29, 0.717) is 0 Å². The number of carbonyl (C=O) groups is 1. The summed E-state index contributed by atoms with van der Waals surface area (Å²) in [5.74, 6) is -0.851. The van der Waals surface area contributed by atoms with E-state index in [4.69, 9.17) is 10.8 Å². The van der Waals surface area contributed by atoms with Crippen LogP contribution >= 0.6 is 11.3 Å². The Morgan fingerprint density at radius 1 is 1.69 bits per heavy atom. The molecule has 3 nitrogen and oxygen atoms in total. The minimum absolute atomic E-state index is 0.000602. The molecule has 1 aromatic rings. The lowest BCUT2D eigenvalue weighted by Crippen LogP contribution is -2.13. The van der Waals surface area contributed by atoms with Gasteiger partial charge in [0, 0.05) is 15.8 Å². The Morgan fingerprint density at radius 3 is 2.69 bits per heavy atom. The predicted octanol–water partition coefficient (Wildman–Crippen LogP) is 1.84. The Bertz CT molecular complexity index is 300. The van der Waals surface area contributed by atoms with Gasteiger partial charge in [0.05, 0.1) is 6.42 Å². The van der Waals surface area contributed by atoms with Crippen molar-refractivity contribution in [2.45, 2.75) is 26.3 Å². The second kappa shape index (κ2) is 3.89. The van der Waals surface area contributed by atoms with E-state index >= 15 is 0 Å². The minimum Gasteiger partial charge on any atom is -0.481 e. The largest absolute Gasteiger partial charge is 0.481 e. The molecule has 0 radical (unpaired) electrons. The molecule has 0 aliphatic heterocycles. The second-order valence-electron chi connectivity index (χ2n) is 3.09. The lowest BCUT2D eigenvalue weighted by molar-refractivity contribution is -0.137. The molecule has 0 saturated heterocycles. The van der Waals surface area contributed by atoms with E-state index in [1.165, 1.54) is 10.4 Å². The van der Waals surface area contributed by atoms with Gasteiger partial charge in [0.25, 0.3) is 0 Å². The van der Waals surface area contributed by atoms with E-state index < -0.39 is 5.97 Å². The highest BCUT2D eigenvalue weighted by atomic mass is 32.1. The molecule has 3 N–H and O–H groups in total. The average Bonchev–Trinajstić information content (AvgIpc) is 2.31. The Morgan fingerprint density at radius 2 is 2.31 bits per heavy atom. The highest BCUT2D eigenvalue weighted by molar-refractivity contribution is 7.12. The lowest BCUT2D eigenvalue weighted by Gasteiger charge is -2.04. The lowest BCUT2D eigenvalue weighted by atomic mass is 10.1. The van der Waals surface area contributed by atoms with Crippen LogP contribution in [0.3, 0.4) is 0 Å². The van der Waals surface area contributed by atoms with Gasteiger partial charge in [-0.25, -0.2) is 0 Å². The fourth-order valence-corrected chi connectivity index (χ4v) is 2.12.